The van der Waals surface area contributed by atoms with Gasteiger partial charge in [-0.15, -0.1) is 0 Å². The lowest BCUT2D eigenvalue weighted by Crippen LogP contribution is -2.09. The van der Waals surface area contributed by atoms with Crippen LogP contribution in [0, 0.1) is 0 Å². The summed E-state index contributed by atoms with van der Waals surface area (Å²) >= 11 is 0. The fourth-order valence-corrected chi connectivity index (χ4v) is 1.32. The molecular formula is C9H9N3O2. The van der Waals surface area contributed by atoms with Crippen molar-refractivity contribution in [3.05, 3.63) is 29.9 Å². The lowest BCUT2D eigenvalue weighted by atomic mass is 10.3. The summed E-state index contributed by atoms with van der Waals surface area (Å²) in [5, 5.41) is 9.92. The van der Waals surface area contributed by atoms with Gasteiger partial charge >= 0.3 is 0 Å². The Morgan fingerprint density at radius 2 is 2.36 bits per heavy atom. The molecule has 1 amide bonds. The second-order valence-corrected chi connectivity index (χ2v) is 2.91. The third-order valence-electron chi connectivity index (χ3n) is 1.88. The molecule has 14 heavy (non-hydrogen) atoms. The van der Waals surface area contributed by atoms with E-state index in [0.29, 0.717) is 16.4 Å². The van der Waals surface area contributed by atoms with Gasteiger partial charge in [0.1, 0.15) is 5.52 Å². The third kappa shape index (κ3) is 1.28. The van der Waals surface area contributed by atoms with Gasteiger partial charge in [-0.1, -0.05) is 0 Å². The van der Waals surface area contributed by atoms with Crippen molar-refractivity contribution in [1.29, 1.82) is 0 Å². The Morgan fingerprint density at radius 1 is 1.57 bits per heavy atom. The van der Waals surface area contributed by atoms with E-state index in [4.69, 9.17) is 0 Å². The first kappa shape index (κ1) is 8.55. The van der Waals surface area contributed by atoms with Gasteiger partial charge in [0.15, 0.2) is 0 Å². The van der Waals surface area contributed by atoms with Crippen molar-refractivity contribution in [2.24, 2.45) is 4.99 Å². The number of aromatic amines is 1. The smallest absolute Gasteiger partial charge is 0.243 e. The predicted molar refractivity (Wildman–Crippen MR) is 49.7 cm³/mol. The van der Waals surface area contributed by atoms with Gasteiger partial charge in [0.25, 0.3) is 0 Å². The fourth-order valence-electron chi connectivity index (χ4n) is 1.32. The Balaban J connectivity index is 2.86. The molecule has 2 rings (SSSR count). The Bertz CT molecular complexity index is 550. The molecule has 2 heterocycles. The molecule has 0 spiro atoms. The number of hydrogen-bond acceptors (Lipinski definition) is 2. The number of pyridine rings is 1. The van der Waals surface area contributed by atoms with Crippen LogP contribution >= 0.6 is 0 Å². The zero-order chi connectivity index (χ0) is 10.1. The predicted octanol–water partition coefficient (Wildman–Crippen LogP) is 0.654. The minimum Gasteiger partial charge on any atom is -0.428 e. The standard InChI is InChI=1S/C9H9N3O2/c1-6(13)11-7-3-5-12(14)8-2-4-10-9(7)8/h2-5,10,14H,1H3. The summed E-state index contributed by atoms with van der Waals surface area (Å²) in [6, 6.07) is 3.27. The third-order valence-corrected chi connectivity index (χ3v) is 1.88. The fraction of sp³-hybridized carbons (Fsp3) is 0.111. The molecule has 72 valence electrons. The van der Waals surface area contributed by atoms with Gasteiger partial charge in [0.05, 0.1) is 10.9 Å². The Morgan fingerprint density at radius 3 is 3.07 bits per heavy atom. The monoisotopic (exact) mass is 191 g/mol. The second kappa shape index (κ2) is 3.02. The second-order valence-electron chi connectivity index (χ2n) is 2.91. The molecule has 0 bridgehead atoms. The van der Waals surface area contributed by atoms with E-state index in [-0.39, 0.29) is 5.91 Å². The molecule has 0 atom stereocenters. The molecule has 0 aliphatic rings. The van der Waals surface area contributed by atoms with E-state index in [9.17, 15) is 10.0 Å². The van der Waals surface area contributed by atoms with Crippen molar-refractivity contribution in [3.63, 3.8) is 0 Å². The largest absolute Gasteiger partial charge is 0.428 e. The highest BCUT2D eigenvalue weighted by Crippen LogP contribution is 2.04. The van der Waals surface area contributed by atoms with Crippen LogP contribution in [0.5, 0.6) is 0 Å². The van der Waals surface area contributed by atoms with Gasteiger partial charge < -0.3 is 10.2 Å². The molecule has 0 aromatic carbocycles. The first-order chi connectivity index (χ1) is 6.68. The SMILES string of the molecule is CC(=O)N=c1ccn(O)c2cc[nH]c12. The number of amides is 1. The zero-order valence-electron chi connectivity index (χ0n) is 7.56. The van der Waals surface area contributed by atoms with E-state index in [1.807, 2.05) is 0 Å². The highest BCUT2D eigenvalue weighted by molar-refractivity contribution is 5.78. The van der Waals surface area contributed by atoms with Crippen LogP contribution in [0.25, 0.3) is 11.0 Å². The molecule has 5 nitrogen and oxygen atoms in total. The minimum atomic E-state index is -0.267. The number of carbonyl (C=O) groups excluding carboxylic acids is 1. The van der Waals surface area contributed by atoms with Crippen LogP contribution in [0.2, 0.25) is 0 Å². The summed E-state index contributed by atoms with van der Waals surface area (Å²) < 4.78 is 0.977. The normalized spacial score (nSPS) is 12.2. The molecule has 0 aliphatic carbocycles. The van der Waals surface area contributed by atoms with Crippen molar-refractivity contribution in [1.82, 2.24) is 9.71 Å². The average molecular weight is 191 g/mol. The van der Waals surface area contributed by atoms with Crippen LogP contribution < -0.4 is 5.36 Å². The first-order valence-corrected chi connectivity index (χ1v) is 4.12. The quantitative estimate of drug-likeness (QED) is 0.600. The van der Waals surface area contributed by atoms with Crippen molar-refractivity contribution >= 4 is 16.9 Å². The van der Waals surface area contributed by atoms with Crippen molar-refractivity contribution in [2.75, 3.05) is 0 Å². The summed E-state index contributed by atoms with van der Waals surface area (Å²) in [5.41, 5.74) is 1.23. The number of nitrogens with zero attached hydrogens (tertiary/aromatic N) is 2. The molecule has 2 aromatic heterocycles. The number of carbonyl (C=O) groups is 1. The van der Waals surface area contributed by atoms with Crippen LogP contribution in [-0.2, 0) is 4.79 Å². The van der Waals surface area contributed by atoms with Crippen molar-refractivity contribution < 1.29 is 10.0 Å². The van der Waals surface area contributed by atoms with Crippen LogP contribution in [0.3, 0.4) is 0 Å². The average Bonchev–Trinajstić information content (AvgIpc) is 2.58. The summed E-state index contributed by atoms with van der Waals surface area (Å²) in [4.78, 5) is 17.5. The number of nitrogens with one attached hydrogen (secondary N) is 1. The maximum atomic E-state index is 10.8. The summed E-state index contributed by atoms with van der Waals surface area (Å²) in [7, 11) is 0. The Labute approximate surface area is 79.3 Å². The van der Waals surface area contributed by atoms with Gasteiger partial charge in [-0.25, -0.2) is 4.99 Å². The molecule has 0 unspecified atom stereocenters. The van der Waals surface area contributed by atoms with E-state index in [1.165, 1.54) is 13.1 Å². The minimum absolute atomic E-state index is 0.267. The number of fused-ring (bicyclic) bond motifs is 1. The molecule has 5 heteroatoms. The molecule has 0 fully saturated rings. The summed E-state index contributed by atoms with van der Waals surface area (Å²) in [5.74, 6) is -0.267. The van der Waals surface area contributed by atoms with Crippen molar-refractivity contribution in [3.8, 4) is 0 Å². The Kier molecular flexibility index (Phi) is 1.85. The van der Waals surface area contributed by atoms with Crippen LogP contribution in [0.1, 0.15) is 6.92 Å². The molecule has 0 saturated carbocycles. The zero-order valence-corrected chi connectivity index (χ0v) is 7.56. The van der Waals surface area contributed by atoms with Gasteiger partial charge in [-0.05, 0) is 12.1 Å². The Hall–Kier alpha value is -2.04. The highest BCUT2D eigenvalue weighted by Gasteiger charge is 2.00. The molecular weight excluding hydrogens is 182 g/mol. The van der Waals surface area contributed by atoms with E-state index < -0.39 is 0 Å². The maximum absolute atomic E-state index is 10.8. The first-order valence-electron chi connectivity index (χ1n) is 4.12. The lowest BCUT2D eigenvalue weighted by molar-refractivity contribution is -0.116. The number of aromatic nitrogens is 2. The molecule has 2 aromatic rings. The molecule has 2 N–H and O–H groups in total. The number of hydrogen-bond donors (Lipinski definition) is 2. The topological polar surface area (TPSA) is 70.4 Å². The maximum Gasteiger partial charge on any atom is 0.243 e. The molecule has 0 saturated heterocycles. The molecule has 0 aliphatic heterocycles. The van der Waals surface area contributed by atoms with E-state index in [2.05, 4.69) is 9.98 Å². The van der Waals surface area contributed by atoms with Gasteiger partial charge in [0.2, 0.25) is 5.91 Å². The van der Waals surface area contributed by atoms with Gasteiger partial charge in [-0.3, -0.25) is 4.79 Å². The van der Waals surface area contributed by atoms with E-state index in [1.54, 1.807) is 18.3 Å². The van der Waals surface area contributed by atoms with Crippen molar-refractivity contribution in [2.45, 2.75) is 6.92 Å². The number of rotatable bonds is 0. The summed E-state index contributed by atoms with van der Waals surface area (Å²) in [6.07, 6.45) is 3.12. The molecule has 0 radical (unpaired) electrons. The van der Waals surface area contributed by atoms with Crippen LogP contribution in [-0.4, -0.2) is 20.8 Å². The van der Waals surface area contributed by atoms with Gasteiger partial charge in [0, 0.05) is 19.3 Å². The summed E-state index contributed by atoms with van der Waals surface area (Å²) in [6.45, 7) is 1.38. The number of H-pyrrole nitrogens is 1. The highest BCUT2D eigenvalue weighted by atomic mass is 16.5. The lowest BCUT2D eigenvalue weighted by Gasteiger charge is -1.98. The van der Waals surface area contributed by atoms with Crippen LogP contribution in [0.4, 0.5) is 0 Å². The van der Waals surface area contributed by atoms with E-state index in [0.717, 1.165) is 4.73 Å². The van der Waals surface area contributed by atoms with Crippen LogP contribution in [0.15, 0.2) is 29.5 Å². The van der Waals surface area contributed by atoms with Gasteiger partial charge in [-0.2, -0.15) is 4.73 Å². The van der Waals surface area contributed by atoms with E-state index >= 15 is 0 Å².